The molecule has 2 fully saturated rings. The van der Waals surface area contributed by atoms with Crippen molar-refractivity contribution in [1.29, 1.82) is 0 Å². The van der Waals surface area contributed by atoms with Crippen molar-refractivity contribution in [2.75, 3.05) is 13.1 Å². The second-order valence-electron chi connectivity index (χ2n) is 7.05. The molecule has 0 amide bonds. The summed E-state index contributed by atoms with van der Waals surface area (Å²) in [6, 6.07) is 0. The average Bonchev–Trinajstić information content (AvgIpc) is 3.06. The van der Waals surface area contributed by atoms with E-state index in [0.717, 1.165) is 18.4 Å². The standard InChI is InChI=1S/C17H28N2S/c1-4-7-18-11-17(9-14-5-6-15(17)8-14)10-16-19-12(2)13(3)20-16/h14-15,18H,4-11H2,1-3H3. The average molecular weight is 292 g/mol. The number of fused-ring (bicyclic) bond motifs is 2. The zero-order chi connectivity index (χ0) is 14.2. The van der Waals surface area contributed by atoms with Gasteiger partial charge in [-0.3, -0.25) is 0 Å². The van der Waals surface area contributed by atoms with Gasteiger partial charge in [0.2, 0.25) is 0 Å². The number of hydrogen-bond donors (Lipinski definition) is 1. The Morgan fingerprint density at radius 1 is 1.35 bits per heavy atom. The molecule has 3 atom stereocenters. The van der Waals surface area contributed by atoms with Crippen molar-refractivity contribution < 1.29 is 0 Å². The van der Waals surface area contributed by atoms with Gasteiger partial charge >= 0.3 is 0 Å². The molecule has 0 spiro atoms. The Morgan fingerprint density at radius 2 is 2.20 bits per heavy atom. The summed E-state index contributed by atoms with van der Waals surface area (Å²) in [7, 11) is 0. The summed E-state index contributed by atoms with van der Waals surface area (Å²) in [6.07, 6.45) is 8.31. The minimum absolute atomic E-state index is 0.509. The van der Waals surface area contributed by atoms with Crippen LogP contribution in [0.1, 0.15) is 54.6 Å². The maximum absolute atomic E-state index is 4.82. The highest BCUT2D eigenvalue weighted by Gasteiger charge is 2.50. The lowest BCUT2D eigenvalue weighted by atomic mass is 9.71. The van der Waals surface area contributed by atoms with E-state index in [4.69, 9.17) is 4.98 Å². The first-order valence-electron chi connectivity index (χ1n) is 8.26. The van der Waals surface area contributed by atoms with Crippen LogP contribution in [0.4, 0.5) is 0 Å². The highest BCUT2D eigenvalue weighted by atomic mass is 32.1. The Balaban J connectivity index is 1.75. The van der Waals surface area contributed by atoms with Crippen LogP contribution in [0.5, 0.6) is 0 Å². The summed E-state index contributed by atoms with van der Waals surface area (Å²) in [5.74, 6) is 1.95. The Bertz CT molecular complexity index is 448. The monoisotopic (exact) mass is 292 g/mol. The molecule has 2 nitrogen and oxygen atoms in total. The molecule has 1 aromatic rings. The van der Waals surface area contributed by atoms with Gasteiger partial charge < -0.3 is 5.32 Å². The summed E-state index contributed by atoms with van der Waals surface area (Å²) in [5, 5.41) is 5.10. The number of nitrogens with zero attached hydrogens (tertiary/aromatic N) is 1. The van der Waals surface area contributed by atoms with Gasteiger partial charge in [-0.1, -0.05) is 13.3 Å². The fraction of sp³-hybridized carbons (Fsp3) is 0.824. The molecular formula is C17H28N2S. The highest BCUT2D eigenvalue weighted by Crippen LogP contribution is 2.57. The molecule has 20 heavy (non-hydrogen) atoms. The predicted octanol–water partition coefficient (Wildman–Crippen LogP) is 4.11. The molecule has 2 aliphatic rings. The smallest absolute Gasteiger partial charge is 0.0937 e. The van der Waals surface area contributed by atoms with E-state index in [-0.39, 0.29) is 0 Å². The molecule has 1 aromatic heterocycles. The lowest BCUT2D eigenvalue weighted by Crippen LogP contribution is -2.40. The highest BCUT2D eigenvalue weighted by molar-refractivity contribution is 7.11. The summed E-state index contributed by atoms with van der Waals surface area (Å²) in [4.78, 5) is 6.22. The molecule has 2 aliphatic carbocycles. The lowest BCUT2D eigenvalue weighted by Gasteiger charge is -2.37. The molecule has 3 heteroatoms. The first-order chi connectivity index (χ1) is 9.63. The predicted molar refractivity (Wildman–Crippen MR) is 86.3 cm³/mol. The zero-order valence-corrected chi connectivity index (χ0v) is 14.0. The van der Waals surface area contributed by atoms with Gasteiger partial charge in [0.05, 0.1) is 10.7 Å². The Hall–Kier alpha value is -0.410. The van der Waals surface area contributed by atoms with Gasteiger partial charge in [-0.15, -0.1) is 11.3 Å². The second kappa shape index (κ2) is 5.76. The fourth-order valence-electron chi connectivity index (χ4n) is 4.48. The van der Waals surface area contributed by atoms with Crippen LogP contribution in [-0.2, 0) is 6.42 Å². The zero-order valence-electron chi connectivity index (χ0n) is 13.2. The largest absolute Gasteiger partial charge is 0.316 e. The molecule has 1 heterocycles. The first-order valence-corrected chi connectivity index (χ1v) is 9.08. The van der Waals surface area contributed by atoms with Gasteiger partial charge in [-0.25, -0.2) is 4.98 Å². The second-order valence-corrected chi connectivity index (χ2v) is 8.33. The SMILES string of the molecule is CCCNCC1(Cc2nc(C)c(C)s2)CC2CCC1C2. The van der Waals surface area contributed by atoms with Crippen LogP contribution in [0.25, 0.3) is 0 Å². The normalized spacial score (nSPS) is 32.1. The number of nitrogens with one attached hydrogen (secondary N) is 1. The van der Waals surface area contributed by atoms with Gasteiger partial charge in [0, 0.05) is 17.8 Å². The summed E-state index contributed by atoms with van der Waals surface area (Å²) >= 11 is 1.93. The van der Waals surface area contributed by atoms with Crippen molar-refractivity contribution >= 4 is 11.3 Å². The van der Waals surface area contributed by atoms with Gasteiger partial charge in [-0.2, -0.15) is 0 Å². The van der Waals surface area contributed by atoms with Crippen LogP contribution in [-0.4, -0.2) is 18.1 Å². The summed E-state index contributed by atoms with van der Waals surface area (Å²) in [6.45, 7) is 8.99. The van der Waals surface area contributed by atoms with Crippen LogP contribution in [0.2, 0.25) is 0 Å². The number of aryl methyl sites for hydroxylation is 2. The van der Waals surface area contributed by atoms with E-state index in [0.29, 0.717) is 5.41 Å². The molecule has 1 N–H and O–H groups in total. The van der Waals surface area contributed by atoms with Crippen molar-refractivity contribution in [1.82, 2.24) is 10.3 Å². The van der Waals surface area contributed by atoms with Gasteiger partial charge in [0.25, 0.3) is 0 Å². The molecule has 112 valence electrons. The van der Waals surface area contributed by atoms with E-state index in [1.54, 1.807) is 0 Å². The molecule has 0 saturated heterocycles. The van der Waals surface area contributed by atoms with Crippen LogP contribution < -0.4 is 5.32 Å². The molecular weight excluding hydrogens is 264 g/mol. The maximum atomic E-state index is 4.82. The Morgan fingerprint density at radius 3 is 2.75 bits per heavy atom. The fourth-order valence-corrected chi connectivity index (χ4v) is 5.57. The summed E-state index contributed by atoms with van der Waals surface area (Å²) < 4.78 is 0. The minimum atomic E-state index is 0.509. The van der Waals surface area contributed by atoms with E-state index in [1.807, 2.05) is 11.3 Å². The van der Waals surface area contributed by atoms with Crippen LogP contribution in [0.15, 0.2) is 0 Å². The topological polar surface area (TPSA) is 24.9 Å². The molecule has 0 radical (unpaired) electrons. The van der Waals surface area contributed by atoms with Crippen molar-refractivity contribution in [3.8, 4) is 0 Å². The molecule has 3 rings (SSSR count). The van der Waals surface area contributed by atoms with Gasteiger partial charge in [-0.05, 0) is 63.3 Å². The number of aromatic nitrogens is 1. The van der Waals surface area contributed by atoms with Crippen molar-refractivity contribution in [2.24, 2.45) is 17.3 Å². The van der Waals surface area contributed by atoms with Crippen LogP contribution in [0.3, 0.4) is 0 Å². The molecule has 0 aromatic carbocycles. The van der Waals surface area contributed by atoms with Crippen molar-refractivity contribution in [3.63, 3.8) is 0 Å². The van der Waals surface area contributed by atoms with E-state index in [2.05, 4.69) is 26.1 Å². The number of hydrogen-bond acceptors (Lipinski definition) is 3. The van der Waals surface area contributed by atoms with E-state index in [9.17, 15) is 0 Å². The first kappa shape index (κ1) is 14.5. The third kappa shape index (κ3) is 2.67. The maximum Gasteiger partial charge on any atom is 0.0937 e. The lowest BCUT2D eigenvalue weighted by molar-refractivity contribution is 0.156. The molecule has 2 saturated carbocycles. The molecule has 2 bridgehead atoms. The third-order valence-electron chi connectivity index (χ3n) is 5.58. The molecule has 0 aliphatic heterocycles. The summed E-state index contributed by atoms with van der Waals surface area (Å²) in [5.41, 5.74) is 1.75. The van der Waals surface area contributed by atoms with Gasteiger partial charge in [0.15, 0.2) is 0 Å². The Labute approximate surface area is 127 Å². The third-order valence-corrected chi connectivity index (χ3v) is 6.66. The van der Waals surface area contributed by atoms with Gasteiger partial charge in [0.1, 0.15) is 0 Å². The van der Waals surface area contributed by atoms with Crippen molar-refractivity contribution in [3.05, 3.63) is 15.6 Å². The Kier molecular flexibility index (Phi) is 4.19. The van der Waals surface area contributed by atoms with Crippen LogP contribution in [0, 0.1) is 31.1 Å². The van der Waals surface area contributed by atoms with Crippen LogP contribution >= 0.6 is 11.3 Å². The van der Waals surface area contributed by atoms with E-state index in [1.165, 1.54) is 60.6 Å². The number of thiazole rings is 1. The van der Waals surface area contributed by atoms with E-state index < -0.39 is 0 Å². The van der Waals surface area contributed by atoms with E-state index >= 15 is 0 Å². The van der Waals surface area contributed by atoms with Crippen molar-refractivity contribution in [2.45, 2.75) is 59.3 Å². The number of rotatable bonds is 6. The minimum Gasteiger partial charge on any atom is -0.316 e. The quantitative estimate of drug-likeness (QED) is 0.798. The molecule has 3 unspecified atom stereocenters.